The molecule has 0 fully saturated rings. The number of methoxy groups -OCH3 is 1. The van der Waals surface area contributed by atoms with Crippen LogP contribution >= 0.6 is 12.4 Å². The number of ether oxygens (including phenoxy) is 1. The van der Waals surface area contributed by atoms with Crippen LogP contribution < -0.4 is 10.5 Å². The van der Waals surface area contributed by atoms with Crippen LogP contribution in [-0.4, -0.2) is 17.3 Å². The summed E-state index contributed by atoms with van der Waals surface area (Å²) in [5.41, 5.74) is 6.93. The van der Waals surface area contributed by atoms with Crippen molar-refractivity contribution < 1.29 is 9.26 Å². The lowest BCUT2D eigenvalue weighted by Gasteiger charge is -2.01. The highest BCUT2D eigenvalue weighted by Crippen LogP contribution is 2.15. The van der Waals surface area contributed by atoms with E-state index in [9.17, 15) is 0 Å². The summed E-state index contributed by atoms with van der Waals surface area (Å²) >= 11 is 0. The van der Waals surface area contributed by atoms with E-state index in [1.807, 2.05) is 31.2 Å². The first-order valence-corrected chi connectivity index (χ1v) is 5.94. The number of rotatable bonds is 5. The van der Waals surface area contributed by atoms with E-state index in [4.69, 9.17) is 15.0 Å². The summed E-state index contributed by atoms with van der Waals surface area (Å²) in [5, 5.41) is 3.93. The van der Waals surface area contributed by atoms with E-state index in [2.05, 4.69) is 10.1 Å². The van der Waals surface area contributed by atoms with Crippen molar-refractivity contribution in [3.8, 4) is 5.75 Å². The Hall–Kier alpha value is -1.59. The van der Waals surface area contributed by atoms with Crippen molar-refractivity contribution in [3.63, 3.8) is 0 Å². The maximum absolute atomic E-state index is 5.83. The third kappa shape index (κ3) is 3.94. The van der Waals surface area contributed by atoms with Crippen molar-refractivity contribution in [2.24, 2.45) is 5.73 Å². The second-order valence-corrected chi connectivity index (χ2v) is 4.09. The molecule has 0 radical (unpaired) electrons. The van der Waals surface area contributed by atoms with Gasteiger partial charge in [-0.2, -0.15) is 4.98 Å². The van der Waals surface area contributed by atoms with Crippen LogP contribution in [0.1, 0.15) is 36.7 Å². The largest absolute Gasteiger partial charge is 0.497 e. The Labute approximate surface area is 118 Å². The number of halogens is 1. The molecule has 0 aliphatic carbocycles. The van der Waals surface area contributed by atoms with Crippen molar-refractivity contribution >= 4 is 12.4 Å². The van der Waals surface area contributed by atoms with Gasteiger partial charge in [-0.05, 0) is 24.1 Å². The average Bonchev–Trinajstić information content (AvgIpc) is 2.87. The van der Waals surface area contributed by atoms with Crippen molar-refractivity contribution in [1.29, 1.82) is 0 Å². The van der Waals surface area contributed by atoms with Crippen LogP contribution in [0.25, 0.3) is 0 Å². The molecule has 5 nitrogen and oxygen atoms in total. The van der Waals surface area contributed by atoms with Gasteiger partial charge in [0.25, 0.3) is 0 Å². The summed E-state index contributed by atoms with van der Waals surface area (Å²) in [6.07, 6.45) is 1.41. The molecule has 104 valence electrons. The summed E-state index contributed by atoms with van der Waals surface area (Å²) in [5.74, 6) is 1.99. The van der Waals surface area contributed by atoms with Gasteiger partial charge >= 0.3 is 0 Å². The lowest BCUT2D eigenvalue weighted by Crippen LogP contribution is -2.08. The van der Waals surface area contributed by atoms with Crippen molar-refractivity contribution in [1.82, 2.24) is 10.1 Å². The van der Waals surface area contributed by atoms with Gasteiger partial charge in [-0.25, -0.2) is 0 Å². The molecule has 1 aromatic heterocycles. The van der Waals surface area contributed by atoms with E-state index < -0.39 is 0 Å². The first-order chi connectivity index (χ1) is 8.72. The number of hydrogen-bond acceptors (Lipinski definition) is 5. The molecule has 0 aliphatic heterocycles. The monoisotopic (exact) mass is 283 g/mol. The van der Waals surface area contributed by atoms with Crippen LogP contribution in [0.15, 0.2) is 28.8 Å². The number of aromatic nitrogens is 2. The highest BCUT2D eigenvalue weighted by atomic mass is 35.5. The molecule has 2 rings (SSSR count). The molecule has 1 atom stereocenters. The van der Waals surface area contributed by atoms with E-state index in [-0.39, 0.29) is 18.4 Å². The predicted molar refractivity (Wildman–Crippen MR) is 74.6 cm³/mol. The Balaban J connectivity index is 0.00000180. The van der Waals surface area contributed by atoms with E-state index in [0.717, 1.165) is 17.7 Å². The highest BCUT2D eigenvalue weighted by Gasteiger charge is 2.12. The Bertz CT molecular complexity index is 499. The normalized spacial score (nSPS) is 11.7. The first-order valence-electron chi connectivity index (χ1n) is 5.94. The highest BCUT2D eigenvalue weighted by molar-refractivity contribution is 5.85. The summed E-state index contributed by atoms with van der Waals surface area (Å²) in [7, 11) is 1.65. The zero-order valence-electron chi connectivity index (χ0n) is 11.0. The van der Waals surface area contributed by atoms with Gasteiger partial charge in [0.15, 0.2) is 5.82 Å². The fourth-order valence-corrected chi connectivity index (χ4v) is 1.59. The molecule has 0 spiro atoms. The molecule has 1 aromatic carbocycles. The van der Waals surface area contributed by atoms with Gasteiger partial charge in [0.05, 0.1) is 13.2 Å². The van der Waals surface area contributed by atoms with Crippen LogP contribution in [0.4, 0.5) is 0 Å². The minimum atomic E-state index is -0.179. The van der Waals surface area contributed by atoms with E-state index in [0.29, 0.717) is 18.1 Å². The Kier molecular flexibility index (Phi) is 5.79. The summed E-state index contributed by atoms with van der Waals surface area (Å²) in [6.45, 7) is 1.98. The second-order valence-electron chi connectivity index (χ2n) is 4.09. The van der Waals surface area contributed by atoms with Gasteiger partial charge in [-0.15, -0.1) is 12.4 Å². The summed E-state index contributed by atoms with van der Waals surface area (Å²) in [4.78, 5) is 4.28. The molecule has 0 amide bonds. The van der Waals surface area contributed by atoms with E-state index in [1.54, 1.807) is 7.11 Å². The van der Waals surface area contributed by atoms with Crippen LogP contribution in [-0.2, 0) is 6.42 Å². The molecule has 19 heavy (non-hydrogen) atoms. The number of nitrogens with two attached hydrogens (primary N) is 1. The van der Waals surface area contributed by atoms with E-state index >= 15 is 0 Å². The molecule has 1 heterocycles. The summed E-state index contributed by atoms with van der Waals surface area (Å²) in [6, 6.07) is 7.60. The van der Waals surface area contributed by atoms with Gasteiger partial charge in [0.2, 0.25) is 5.89 Å². The molecule has 0 unspecified atom stereocenters. The fourth-order valence-electron chi connectivity index (χ4n) is 1.59. The summed E-state index contributed by atoms with van der Waals surface area (Å²) < 4.78 is 10.2. The molecule has 6 heteroatoms. The van der Waals surface area contributed by atoms with E-state index in [1.165, 1.54) is 0 Å². The van der Waals surface area contributed by atoms with Crippen LogP contribution in [0.3, 0.4) is 0 Å². The third-order valence-electron chi connectivity index (χ3n) is 2.76. The topological polar surface area (TPSA) is 74.2 Å². The smallest absolute Gasteiger partial charge is 0.243 e. The maximum Gasteiger partial charge on any atom is 0.243 e. The fraction of sp³-hybridized carbons (Fsp3) is 0.385. The zero-order valence-corrected chi connectivity index (χ0v) is 11.8. The quantitative estimate of drug-likeness (QED) is 0.912. The predicted octanol–water partition coefficient (Wildman–Crippen LogP) is 2.50. The van der Waals surface area contributed by atoms with Gasteiger partial charge in [0, 0.05) is 6.42 Å². The average molecular weight is 284 g/mol. The number of benzene rings is 1. The Morgan fingerprint density at radius 3 is 2.58 bits per heavy atom. The molecule has 2 N–H and O–H groups in total. The van der Waals surface area contributed by atoms with Gasteiger partial charge in [0.1, 0.15) is 5.75 Å². The molecule has 0 saturated heterocycles. The second kappa shape index (κ2) is 7.11. The van der Waals surface area contributed by atoms with Gasteiger partial charge in [-0.3, -0.25) is 0 Å². The van der Waals surface area contributed by atoms with Crippen molar-refractivity contribution in [2.75, 3.05) is 7.11 Å². The van der Waals surface area contributed by atoms with Gasteiger partial charge < -0.3 is 15.0 Å². The molecule has 0 aliphatic rings. The minimum Gasteiger partial charge on any atom is -0.497 e. The Morgan fingerprint density at radius 1 is 1.32 bits per heavy atom. The number of hydrogen-bond donors (Lipinski definition) is 1. The van der Waals surface area contributed by atoms with Gasteiger partial charge in [-0.1, -0.05) is 24.2 Å². The number of nitrogens with zero attached hydrogens (tertiary/aromatic N) is 2. The van der Waals surface area contributed by atoms with Crippen LogP contribution in [0.2, 0.25) is 0 Å². The van der Waals surface area contributed by atoms with Crippen LogP contribution in [0, 0.1) is 0 Å². The lowest BCUT2D eigenvalue weighted by atomic mass is 10.1. The third-order valence-corrected chi connectivity index (χ3v) is 2.76. The SMILES string of the molecule is CC[C@H](N)c1nc(Cc2ccc(OC)cc2)no1.Cl. The molecule has 0 bridgehead atoms. The first kappa shape index (κ1) is 15.5. The lowest BCUT2D eigenvalue weighted by molar-refractivity contribution is 0.348. The standard InChI is InChI=1S/C13H17N3O2.ClH/c1-3-11(14)13-15-12(16-18-13)8-9-4-6-10(17-2)7-5-9;/h4-7,11H,3,8,14H2,1-2H3;1H/t11-;/m0./s1. The maximum atomic E-state index is 5.83. The van der Waals surface area contributed by atoms with Crippen molar-refractivity contribution in [3.05, 3.63) is 41.5 Å². The Morgan fingerprint density at radius 2 is 2.00 bits per heavy atom. The molecule has 2 aromatic rings. The van der Waals surface area contributed by atoms with Crippen molar-refractivity contribution in [2.45, 2.75) is 25.8 Å². The van der Waals surface area contributed by atoms with Crippen LogP contribution in [0.5, 0.6) is 5.75 Å². The minimum absolute atomic E-state index is 0. The molecule has 0 saturated carbocycles. The molecular formula is C13H18ClN3O2. The molecular weight excluding hydrogens is 266 g/mol. The zero-order chi connectivity index (χ0) is 13.0.